The average Bonchev–Trinajstić information content (AvgIpc) is 2.50. The van der Waals surface area contributed by atoms with Gasteiger partial charge in [0.25, 0.3) is 0 Å². The molecule has 0 fully saturated rings. The Bertz CT molecular complexity index is 533. The van der Waals surface area contributed by atoms with Crippen LogP contribution in [0.2, 0.25) is 0 Å². The van der Waals surface area contributed by atoms with Crippen LogP contribution in [-0.2, 0) is 6.42 Å². The first-order chi connectivity index (χ1) is 10.4. The van der Waals surface area contributed by atoms with E-state index in [0.29, 0.717) is 4.83 Å². The number of rotatable bonds is 2. The van der Waals surface area contributed by atoms with Crippen LogP contribution in [0.1, 0.15) is 29.8 Å². The van der Waals surface area contributed by atoms with Crippen molar-refractivity contribution in [2.24, 2.45) is 4.30 Å². The van der Waals surface area contributed by atoms with E-state index in [2.05, 4.69) is 40.7 Å². The third kappa shape index (κ3) is 9.85. The molecule has 0 amide bonds. The molecule has 1 nitrogen and oxygen atoms in total. The molecule has 0 saturated heterocycles. The predicted molar refractivity (Wildman–Crippen MR) is 96.7 cm³/mol. The first-order valence-electron chi connectivity index (χ1n) is 6.62. The van der Waals surface area contributed by atoms with E-state index >= 15 is 0 Å². The van der Waals surface area contributed by atoms with Gasteiger partial charge in [0.2, 0.25) is 0 Å². The minimum atomic E-state index is -0.183. The Morgan fingerprint density at radius 2 is 1.41 bits per heavy atom. The molecule has 1 unspecified atom stereocenters. The third-order valence-corrected chi connectivity index (χ3v) is 3.18. The summed E-state index contributed by atoms with van der Waals surface area (Å²) in [6.07, 6.45) is 0.972. The van der Waals surface area contributed by atoms with Crippen LogP contribution >= 0.6 is 28.7 Å². The van der Waals surface area contributed by atoms with E-state index in [0.717, 1.165) is 12.0 Å². The van der Waals surface area contributed by atoms with Crippen molar-refractivity contribution in [2.45, 2.75) is 25.1 Å². The van der Waals surface area contributed by atoms with E-state index in [1.54, 1.807) is 24.3 Å². The molecule has 0 aliphatic rings. The van der Waals surface area contributed by atoms with Crippen molar-refractivity contribution in [3.05, 3.63) is 71.3 Å². The maximum atomic E-state index is 12.3. The molecule has 0 heterocycles. The topological polar surface area (TPSA) is 12.4 Å². The van der Waals surface area contributed by atoms with Gasteiger partial charge in [0, 0.05) is 4.83 Å². The summed E-state index contributed by atoms with van der Waals surface area (Å²) in [4.78, 5) is 0.299. The second-order valence-electron chi connectivity index (χ2n) is 4.26. The van der Waals surface area contributed by atoms with E-state index in [1.165, 1.54) is 29.8 Å². The molecule has 0 N–H and O–H groups in total. The van der Waals surface area contributed by atoms with Gasteiger partial charge in [-0.3, -0.25) is 0 Å². The molecule has 1 radical (unpaired) electrons. The van der Waals surface area contributed by atoms with Crippen molar-refractivity contribution in [3.63, 3.8) is 0 Å². The molecule has 0 aliphatic carbocycles. The summed E-state index contributed by atoms with van der Waals surface area (Å²) in [7, 11) is 4.34. The quantitative estimate of drug-likeness (QED) is 0.378. The number of halogens is 3. The Balaban J connectivity index is 0.000000342. The molecule has 0 aromatic heterocycles. The first-order valence-corrected chi connectivity index (χ1v) is 7.94. The van der Waals surface area contributed by atoms with Crippen molar-refractivity contribution < 1.29 is 8.78 Å². The van der Waals surface area contributed by atoms with Crippen LogP contribution in [0.5, 0.6) is 0 Å². The zero-order chi connectivity index (χ0) is 17.0. The van der Waals surface area contributed by atoms with Gasteiger partial charge >= 0.3 is 24.8 Å². The molecule has 1 atom stereocenters. The van der Waals surface area contributed by atoms with Crippen molar-refractivity contribution in [1.29, 1.82) is 0 Å². The molecule has 0 aliphatic heterocycles. The maximum absolute atomic E-state index is 12.3. The van der Waals surface area contributed by atoms with Crippen LogP contribution in [-0.4, -0.2) is 7.64 Å². The van der Waals surface area contributed by atoms with Gasteiger partial charge in [0.1, 0.15) is 11.6 Å². The summed E-state index contributed by atoms with van der Waals surface area (Å²) in [5.41, 5.74) is 2.28. The molecular weight excluding hydrogens is 367 g/mol. The molecule has 0 saturated carbocycles. The fraction of sp³-hybridized carbons (Fsp3) is 0.250. The van der Waals surface area contributed by atoms with Crippen LogP contribution in [0.15, 0.2) is 52.8 Å². The summed E-state index contributed by atoms with van der Waals surface area (Å²) in [6.45, 7) is 4.06. The third-order valence-electron chi connectivity index (χ3n) is 2.65. The van der Waals surface area contributed by atoms with Gasteiger partial charge in [-0.15, -0.1) is 0 Å². The second kappa shape index (κ2) is 12.5. The zero-order valence-corrected chi connectivity index (χ0v) is 15.0. The first kappa shape index (κ1) is 21.0. The van der Waals surface area contributed by atoms with E-state index in [9.17, 15) is 8.78 Å². The number of thiol groups is 1. The van der Waals surface area contributed by atoms with Crippen molar-refractivity contribution in [3.8, 4) is 0 Å². The standard InChI is InChI=1S/C8H8BrF.C8H9F.BHNS/c1-6(9)7-2-4-8(10)5-3-7;1-2-7-3-5-8(9)6-4-7;1-2-3/h2-6H,1H3;3-6H,2H2,1H3;3H. The number of nitrogens with zero attached hydrogens (tertiary/aromatic N) is 1. The summed E-state index contributed by atoms with van der Waals surface area (Å²) in [5, 5.41) is 0. The molecule has 2 aromatic carbocycles. The molecular formula is C16H18BBrF2NS. The van der Waals surface area contributed by atoms with Gasteiger partial charge in [0.05, 0.1) is 0 Å². The molecule has 22 heavy (non-hydrogen) atoms. The Hall–Kier alpha value is -1.01. The van der Waals surface area contributed by atoms with Gasteiger partial charge in [-0.25, -0.2) is 8.78 Å². The fourth-order valence-electron chi connectivity index (χ4n) is 1.45. The van der Waals surface area contributed by atoms with Crippen LogP contribution in [0, 0.1) is 11.6 Å². The molecule has 117 valence electrons. The van der Waals surface area contributed by atoms with E-state index in [4.69, 9.17) is 0 Å². The SMILES string of the molecule is CC(Br)c1ccc(F)cc1.CCc1ccc(F)cc1.[B]=NS. The van der Waals surface area contributed by atoms with Gasteiger partial charge in [-0.2, -0.15) is 0 Å². The summed E-state index contributed by atoms with van der Waals surface area (Å²) >= 11 is 6.58. The zero-order valence-electron chi connectivity index (χ0n) is 12.5. The van der Waals surface area contributed by atoms with Gasteiger partial charge in [-0.1, -0.05) is 47.1 Å². The number of aryl methyl sites for hydroxylation is 1. The molecule has 0 spiro atoms. The van der Waals surface area contributed by atoms with E-state index in [-0.39, 0.29) is 11.6 Å². The van der Waals surface area contributed by atoms with Crippen LogP contribution in [0.4, 0.5) is 8.78 Å². The van der Waals surface area contributed by atoms with Crippen molar-refractivity contribution >= 4 is 36.4 Å². The molecule has 2 rings (SSSR count). The van der Waals surface area contributed by atoms with Crippen molar-refractivity contribution in [1.82, 2.24) is 0 Å². The molecule has 6 heteroatoms. The summed E-state index contributed by atoms with van der Waals surface area (Å²) < 4.78 is 27.3. The van der Waals surface area contributed by atoms with Crippen LogP contribution in [0.25, 0.3) is 0 Å². The number of hydrogen-bond acceptors (Lipinski definition) is 2. The average molecular weight is 385 g/mol. The van der Waals surface area contributed by atoms with Crippen LogP contribution in [0.3, 0.4) is 0 Å². The van der Waals surface area contributed by atoms with Crippen LogP contribution < -0.4 is 0 Å². The number of benzene rings is 2. The fourth-order valence-corrected chi connectivity index (χ4v) is 1.75. The number of alkyl halides is 1. The van der Waals surface area contributed by atoms with Gasteiger partial charge in [-0.05, 0) is 48.7 Å². The normalized spacial score (nSPS) is 10.4. The van der Waals surface area contributed by atoms with E-state index < -0.39 is 0 Å². The molecule has 0 bridgehead atoms. The Morgan fingerprint density at radius 3 is 1.73 bits per heavy atom. The molecule has 2 aromatic rings. The summed E-state index contributed by atoms with van der Waals surface area (Å²) in [6, 6.07) is 13.0. The van der Waals surface area contributed by atoms with Gasteiger partial charge in [0.15, 0.2) is 0 Å². The second-order valence-corrected chi connectivity index (χ2v) is 5.87. The van der Waals surface area contributed by atoms with Crippen molar-refractivity contribution in [2.75, 3.05) is 0 Å². The van der Waals surface area contributed by atoms with Gasteiger partial charge < -0.3 is 0 Å². The Morgan fingerprint density at radius 1 is 1.05 bits per heavy atom. The Kier molecular flexibility index (Phi) is 12.0. The summed E-state index contributed by atoms with van der Waals surface area (Å²) in [5.74, 6) is -0.343. The number of hydrogen-bond donors (Lipinski definition) is 1. The predicted octanol–water partition coefficient (Wildman–Crippen LogP) is 5.85. The van der Waals surface area contributed by atoms with E-state index in [1.807, 2.05) is 13.8 Å². The Labute approximate surface area is 145 Å². The monoisotopic (exact) mass is 384 g/mol. The minimum absolute atomic E-state index is 0.160.